The second kappa shape index (κ2) is 8.79. The molecule has 0 atom stereocenters. The van der Waals surface area contributed by atoms with Gasteiger partial charge in [-0.2, -0.15) is 13.2 Å². The van der Waals surface area contributed by atoms with E-state index in [4.69, 9.17) is 5.21 Å². The highest BCUT2D eigenvalue weighted by atomic mass is 19.4. The Morgan fingerprint density at radius 3 is 2.17 bits per heavy atom. The van der Waals surface area contributed by atoms with Gasteiger partial charge < -0.3 is 5.32 Å². The number of carbonyl (C=O) groups is 2. The van der Waals surface area contributed by atoms with Crippen LogP contribution < -0.4 is 10.8 Å². The lowest BCUT2D eigenvalue weighted by atomic mass is 10.0. The third kappa shape index (κ3) is 5.03. The molecule has 0 unspecified atom stereocenters. The minimum Gasteiger partial charge on any atom is -0.348 e. The fourth-order valence-corrected chi connectivity index (χ4v) is 2.86. The highest BCUT2D eigenvalue weighted by molar-refractivity contribution is 5.96. The quantitative estimate of drug-likeness (QED) is 0.427. The van der Waals surface area contributed by atoms with E-state index in [1.54, 1.807) is 41.9 Å². The number of alkyl halides is 3. The summed E-state index contributed by atoms with van der Waals surface area (Å²) in [6.07, 6.45) is -4.44. The Morgan fingerprint density at radius 1 is 0.800 bits per heavy atom. The van der Waals surface area contributed by atoms with Gasteiger partial charge in [0.15, 0.2) is 0 Å². The molecule has 0 aromatic heterocycles. The van der Waals surface area contributed by atoms with Gasteiger partial charge >= 0.3 is 6.18 Å². The lowest BCUT2D eigenvalue weighted by Crippen LogP contribution is -2.23. The normalized spacial score (nSPS) is 11.1. The van der Waals surface area contributed by atoms with Gasteiger partial charge in [-0.25, -0.2) is 5.48 Å². The van der Waals surface area contributed by atoms with Gasteiger partial charge in [-0.05, 0) is 53.1 Å². The Kier molecular flexibility index (Phi) is 6.17. The van der Waals surface area contributed by atoms with Crippen LogP contribution in [0, 0.1) is 0 Å². The van der Waals surface area contributed by atoms with E-state index in [1.165, 1.54) is 24.3 Å². The lowest BCUT2D eigenvalue weighted by molar-refractivity contribution is -0.137. The minimum absolute atomic E-state index is 0.0437. The molecule has 0 radical (unpaired) electrons. The average Bonchev–Trinajstić information content (AvgIpc) is 2.76. The Labute approximate surface area is 170 Å². The van der Waals surface area contributed by atoms with Crippen molar-refractivity contribution < 1.29 is 28.0 Å². The number of rotatable bonds is 5. The molecule has 5 nitrogen and oxygen atoms in total. The molecule has 3 N–H and O–H groups in total. The highest BCUT2D eigenvalue weighted by Gasteiger charge is 2.30. The molecule has 0 aliphatic carbocycles. The van der Waals surface area contributed by atoms with E-state index >= 15 is 0 Å². The van der Waals surface area contributed by atoms with Crippen LogP contribution in [0.15, 0.2) is 72.8 Å². The molecule has 3 aromatic rings. The third-order valence-corrected chi connectivity index (χ3v) is 4.41. The predicted octanol–water partition coefficient (Wildman–Crippen LogP) is 4.42. The van der Waals surface area contributed by atoms with Crippen LogP contribution in [0.25, 0.3) is 11.1 Å². The molecular formula is C22H17F3N2O3. The first-order valence-electron chi connectivity index (χ1n) is 8.87. The molecule has 0 saturated heterocycles. The molecule has 0 bridgehead atoms. The smallest absolute Gasteiger partial charge is 0.348 e. The molecule has 154 valence electrons. The fourth-order valence-electron chi connectivity index (χ4n) is 2.86. The van der Waals surface area contributed by atoms with Gasteiger partial charge in [-0.1, -0.05) is 36.4 Å². The first-order valence-corrected chi connectivity index (χ1v) is 8.87. The zero-order valence-corrected chi connectivity index (χ0v) is 15.5. The van der Waals surface area contributed by atoms with Crippen molar-refractivity contribution in [2.24, 2.45) is 0 Å². The van der Waals surface area contributed by atoms with Crippen LogP contribution in [0.5, 0.6) is 0 Å². The molecule has 0 aliphatic heterocycles. The van der Waals surface area contributed by atoms with Crippen molar-refractivity contribution in [1.82, 2.24) is 10.8 Å². The van der Waals surface area contributed by atoms with Gasteiger partial charge in [-0.3, -0.25) is 14.8 Å². The largest absolute Gasteiger partial charge is 0.416 e. The van der Waals surface area contributed by atoms with Crippen molar-refractivity contribution in [3.05, 3.63) is 95.1 Å². The summed E-state index contributed by atoms with van der Waals surface area (Å²) in [5, 5.41) is 11.3. The van der Waals surface area contributed by atoms with Gasteiger partial charge in [-0.15, -0.1) is 0 Å². The van der Waals surface area contributed by atoms with Gasteiger partial charge in [0, 0.05) is 17.7 Å². The molecule has 0 saturated carbocycles. The van der Waals surface area contributed by atoms with E-state index in [2.05, 4.69) is 5.32 Å². The van der Waals surface area contributed by atoms with Crippen molar-refractivity contribution >= 4 is 11.8 Å². The Hall–Kier alpha value is -3.65. The van der Waals surface area contributed by atoms with E-state index in [1.807, 2.05) is 0 Å². The van der Waals surface area contributed by atoms with Crippen LogP contribution in [0.2, 0.25) is 0 Å². The standard InChI is InChI=1S/C22H17F3N2O3/c23-22(24,25)19-6-1-3-14(11-19)13-26-20(28)18-5-2-4-17(12-18)15-7-9-16(10-8-15)21(29)27-30/h1-12,30H,13H2,(H,26,28)(H,27,29). The Morgan fingerprint density at radius 2 is 1.50 bits per heavy atom. The Balaban J connectivity index is 1.71. The molecule has 0 heterocycles. The van der Waals surface area contributed by atoms with Gasteiger partial charge in [0.25, 0.3) is 11.8 Å². The summed E-state index contributed by atoms with van der Waals surface area (Å²) in [5.74, 6) is -1.06. The van der Waals surface area contributed by atoms with Crippen LogP contribution in [0.4, 0.5) is 13.2 Å². The average molecular weight is 414 g/mol. The number of nitrogens with one attached hydrogen (secondary N) is 2. The number of amides is 2. The van der Waals surface area contributed by atoms with E-state index in [0.29, 0.717) is 11.1 Å². The summed E-state index contributed by atoms with van der Waals surface area (Å²) < 4.78 is 38.4. The summed E-state index contributed by atoms with van der Waals surface area (Å²) in [7, 11) is 0. The molecule has 3 aromatic carbocycles. The second-order valence-corrected chi connectivity index (χ2v) is 6.48. The number of hydroxylamine groups is 1. The maximum Gasteiger partial charge on any atom is 0.416 e. The Bertz CT molecular complexity index is 1060. The van der Waals surface area contributed by atoms with E-state index in [-0.39, 0.29) is 12.1 Å². The first kappa shape index (κ1) is 21.1. The maximum absolute atomic E-state index is 12.8. The summed E-state index contributed by atoms with van der Waals surface area (Å²) in [4.78, 5) is 23.8. The number of carbonyl (C=O) groups excluding carboxylic acids is 2. The summed E-state index contributed by atoms with van der Waals surface area (Å²) >= 11 is 0. The van der Waals surface area contributed by atoms with Gasteiger partial charge in [0.05, 0.1) is 5.56 Å². The molecule has 0 aliphatic rings. The summed E-state index contributed by atoms with van der Waals surface area (Å²) in [6, 6.07) is 17.9. The SMILES string of the molecule is O=C(NO)c1ccc(-c2cccc(C(=O)NCc3cccc(C(F)(F)F)c3)c2)cc1. The molecule has 0 spiro atoms. The monoisotopic (exact) mass is 414 g/mol. The van der Waals surface area contributed by atoms with E-state index in [0.717, 1.165) is 23.3 Å². The molecule has 30 heavy (non-hydrogen) atoms. The number of hydrogen-bond donors (Lipinski definition) is 3. The van der Waals surface area contributed by atoms with Crippen LogP contribution in [0.3, 0.4) is 0 Å². The van der Waals surface area contributed by atoms with Crippen molar-refractivity contribution in [3.8, 4) is 11.1 Å². The van der Waals surface area contributed by atoms with Crippen LogP contribution >= 0.6 is 0 Å². The predicted molar refractivity (Wildman–Crippen MR) is 104 cm³/mol. The first-order chi connectivity index (χ1) is 14.3. The zero-order chi connectivity index (χ0) is 21.7. The minimum atomic E-state index is -4.44. The summed E-state index contributed by atoms with van der Waals surface area (Å²) in [5.41, 5.74) is 3.21. The van der Waals surface area contributed by atoms with Crippen molar-refractivity contribution in [2.75, 3.05) is 0 Å². The van der Waals surface area contributed by atoms with Crippen molar-refractivity contribution in [3.63, 3.8) is 0 Å². The molecule has 8 heteroatoms. The highest BCUT2D eigenvalue weighted by Crippen LogP contribution is 2.29. The molecular weight excluding hydrogens is 397 g/mol. The topological polar surface area (TPSA) is 78.4 Å². The summed E-state index contributed by atoms with van der Waals surface area (Å²) in [6.45, 7) is -0.0437. The lowest BCUT2D eigenvalue weighted by Gasteiger charge is -2.10. The van der Waals surface area contributed by atoms with E-state index in [9.17, 15) is 22.8 Å². The van der Waals surface area contributed by atoms with Gasteiger partial charge in [0.1, 0.15) is 0 Å². The van der Waals surface area contributed by atoms with Gasteiger partial charge in [0.2, 0.25) is 0 Å². The zero-order valence-electron chi connectivity index (χ0n) is 15.5. The number of halogens is 3. The van der Waals surface area contributed by atoms with E-state index < -0.39 is 23.6 Å². The molecule has 3 rings (SSSR count). The maximum atomic E-state index is 12.8. The van der Waals surface area contributed by atoms with Crippen molar-refractivity contribution in [2.45, 2.75) is 12.7 Å². The van der Waals surface area contributed by atoms with Crippen LogP contribution in [-0.2, 0) is 12.7 Å². The fraction of sp³-hybridized carbons (Fsp3) is 0.0909. The number of benzene rings is 3. The number of hydrogen-bond acceptors (Lipinski definition) is 3. The van der Waals surface area contributed by atoms with Crippen molar-refractivity contribution in [1.29, 1.82) is 0 Å². The molecule has 0 fully saturated rings. The van der Waals surface area contributed by atoms with Crippen LogP contribution in [0.1, 0.15) is 31.8 Å². The third-order valence-electron chi connectivity index (χ3n) is 4.41. The second-order valence-electron chi connectivity index (χ2n) is 6.48. The molecule has 2 amide bonds. The van der Waals surface area contributed by atoms with Crippen LogP contribution in [-0.4, -0.2) is 17.0 Å².